The van der Waals surface area contributed by atoms with Crippen molar-refractivity contribution in [2.75, 3.05) is 11.9 Å². The lowest BCUT2D eigenvalue weighted by molar-refractivity contribution is -0.116. The van der Waals surface area contributed by atoms with E-state index in [1.807, 2.05) is 18.2 Å². The summed E-state index contributed by atoms with van der Waals surface area (Å²) >= 11 is 5.75. The number of carbonyl (C=O) groups is 2. The van der Waals surface area contributed by atoms with Gasteiger partial charge in [-0.05, 0) is 11.6 Å². The molecular weight excluding hydrogens is 292 g/mol. The molecule has 0 fully saturated rings. The molecule has 0 unspecified atom stereocenters. The van der Waals surface area contributed by atoms with Crippen molar-refractivity contribution >= 4 is 29.1 Å². The average Bonchev–Trinajstić information content (AvgIpc) is 2.64. The molecule has 3 rings (SSSR count). The van der Waals surface area contributed by atoms with Gasteiger partial charge in [0.2, 0.25) is 5.91 Å². The molecule has 7 heteroatoms. The van der Waals surface area contributed by atoms with Crippen molar-refractivity contribution in [3.8, 4) is 0 Å². The highest BCUT2D eigenvalue weighted by molar-refractivity contribution is 6.29. The van der Waals surface area contributed by atoms with Gasteiger partial charge in [0.1, 0.15) is 17.4 Å². The number of anilines is 1. The highest BCUT2D eigenvalue weighted by Gasteiger charge is 2.24. The standard InChI is InChI=1S/C14H11ClN4O2/c15-12-6-16-5-11(17-12)14(21)19-7-9-3-1-2-4-10(9)18-13(20)8-19/h1-6H,7-8H2,(H,18,20). The maximum Gasteiger partial charge on any atom is 0.274 e. The van der Waals surface area contributed by atoms with E-state index in [1.54, 1.807) is 6.07 Å². The molecule has 1 aliphatic heterocycles. The molecule has 0 saturated heterocycles. The molecule has 1 N–H and O–H groups in total. The Bertz CT molecular complexity index is 720. The fraction of sp³-hybridized carbons (Fsp3) is 0.143. The number of para-hydroxylation sites is 1. The topological polar surface area (TPSA) is 75.2 Å². The van der Waals surface area contributed by atoms with E-state index in [4.69, 9.17) is 11.6 Å². The van der Waals surface area contributed by atoms with Crippen LogP contribution in [0.5, 0.6) is 0 Å². The maximum absolute atomic E-state index is 12.4. The third-order valence-corrected chi connectivity index (χ3v) is 3.28. The van der Waals surface area contributed by atoms with Gasteiger partial charge in [-0.15, -0.1) is 0 Å². The zero-order valence-corrected chi connectivity index (χ0v) is 11.7. The highest BCUT2D eigenvalue weighted by atomic mass is 35.5. The van der Waals surface area contributed by atoms with Gasteiger partial charge in [0.05, 0.1) is 12.4 Å². The Hall–Kier alpha value is -2.47. The summed E-state index contributed by atoms with van der Waals surface area (Å²) in [6.45, 7) is 0.281. The minimum Gasteiger partial charge on any atom is -0.324 e. The lowest BCUT2D eigenvalue weighted by Gasteiger charge is -2.18. The Morgan fingerprint density at radius 1 is 1.24 bits per heavy atom. The van der Waals surface area contributed by atoms with Crippen LogP contribution in [0.25, 0.3) is 0 Å². The quantitative estimate of drug-likeness (QED) is 0.870. The number of halogens is 1. The molecule has 106 valence electrons. The summed E-state index contributed by atoms with van der Waals surface area (Å²) in [6.07, 6.45) is 2.69. The van der Waals surface area contributed by atoms with Crippen LogP contribution >= 0.6 is 11.6 Å². The van der Waals surface area contributed by atoms with E-state index in [1.165, 1.54) is 17.3 Å². The second-order valence-electron chi connectivity index (χ2n) is 4.59. The van der Waals surface area contributed by atoms with Gasteiger partial charge in [-0.1, -0.05) is 29.8 Å². The van der Waals surface area contributed by atoms with Crippen molar-refractivity contribution in [3.05, 3.63) is 53.1 Å². The number of hydrogen-bond donors (Lipinski definition) is 1. The van der Waals surface area contributed by atoms with Crippen molar-refractivity contribution in [2.45, 2.75) is 6.54 Å². The third kappa shape index (κ3) is 2.85. The van der Waals surface area contributed by atoms with Gasteiger partial charge in [0.25, 0.3) is 5.91 Å². The van der Waals surface area contributed by atoms with Gasteiger partial charge in [0, 0.05) is 12.2 Å². The maximum atomic E-state index is 12.4. The fourth-order valence-electron chi connectivity index (χ4n) is 2.16. The molecule has 0 aliphatic carbocycles. The first-order chi connectivity index (χ1) is 10.1. The van der Waals surface area contributed by atoms with Crippen LogP contribution in [0.3, 0.4) is 0 Å². The summed E-state index contributed by atoms with van der Waals surface area (Å²) < 4.78 is 0. The number of fused-ring (bicyclic) bond motifs is 1. The fourth-order valence-corrected chi connectivity index (χ4v) is 2.30. The van der Waals surface area contributed by atoms with Gasteiger partial charge < -0.3 is 10.2 Å². The van der Waals surface area contributed by atoms with Gasteiger partial charge >= 0.3 is 0 Å². The van der Waals surface area contributed by atoms with E-state index in [-0.39, 0.29) is 29.2 Å². The first-order valence-corrected chi connectivity index (χ1v) is 6.66. The van der Waals surface area contributed by atoms with Gasteiger partial charge in [-0.2, -0.15) is 0 Å². The Morgan fingerprint density at radius 2 is 2.05 bits per heavy atom. The minimum absolute atomic E-state index is 0.0400. The molecule has 1 aromatic heterocycles. The van der Waals surface area contributed by atoms with Crippen molar-refractivity contribution in [3.63, 3.8) is 0 Å². The summed E-state index contributed by atoms with van der Waals surface area (Å²) in [5, 5.41) is 2.91. The Kier molecular flexibility index (Phi) is 3.53. The van der Waals surface area contributed by atoms with E-state index in [2.05, 4.69) is 15.3 Å². The van der Waals surface area contributed by atoms with E-state index < -0.39 is 0 Å². The first kappa shape index (κ1) is 13.5. The van der Waals surface area contributed by atoms with Crippen LogP contribution in [0.1, 0.15) is 16.1 Å². The Balaban J connectivity index is 1.92. The molecule has 2 heterocycles. The number of rotatable bonds is 1. The Labute approximate surface area is 125 Å². The van der Waals surface area contributed by atoms with Crippen molar-refractivity contribution in [2.24, 2.45) is 0 Å². The predicted molar refractivity (Wildman–Crippen MR) is 76.9 cm³/mol. The monoisotopic (exact) mass is 302 g/mol. The summed E-state index contributed by atoms with van der Waals surface area (Å²) in [7, 11) is 0. The molecule has 0 radical (unpaired) electrons. The molecule has 21 heavy (non-hydrogen) atoms. The Morgan fingerprint density at radius 3 is 2.86 bits per heavy atom. The number of nitrogens with zero attached hydrogens (tertiary/aromatic N) is 3. The second-order valence-corrected chi connectivity index (χ2v) is 4.98. The van der Waals surface area contributed by atoms with Gasteiger partial charge in [-0.3, -0.25) is 14.6 Å². The number of benzene rings is 1. The van der Waals surface area contributed by atoms with Crippen LogP contribution in [0, 0.1) is 0 Å². The lowest BCUT2D eigenvalue weighted by Crippen LogP contribution is -2.35. The van der Waals surface area contributed by atoms with E-state index in [0.717, 1.165) is 11.3 Å². The highest BCUT2D eigenvalue weighted by Crippen LogP contribution is 2.21. The number of carbonyl (C=O) groups excluding carboxylic acids is 2. The summed E-state index contributed by atoms with van der Waals surface area (Å²) in [5.41, 5.74) is 1.70. The number of hydrogen-bond acceptors (Lipinski definition) is 4. The minimum atomic E-state index is -0.378. The molecule has 1 aliphatic rings. The smallest absolute Gasteiger partial charge is 0.274 e. The van der Waals surface area contributed by atoms with E-state index in [9.17, 15) is 9.59 Å². The van der Waals surface area contributed by atoms with Crippen LogP contribution in [0.15, 0.2) is 36.7 Å². The summed E-state index contributed by atoms with van der Waals surface area (Å²) in [5.74, 6) is -0.625. The number of nitrogens with one attached hydrogen (secondary N) is 1. The molecule has 2 aromatic rings. The van der Waals surface area contributed by atoms with Gasteiger partial charge in [0.15, 0.2) is 0 Å². The third-order valence-electron chi connectivity index (χ3n) is 3.10. The molecule has 1 aromatic carbocycles. The normalized spacial score (nSPS) is 14.1. The molecule has 0 saturated carbocycles. The van der Waals surface area contributed by atoms with E-state index >= 15 is 0 Å². The molecule has 0 atom stereocenters. The lowest BCUT2D eigenvalue weighted by atomic mass is 10.1. The van der Waals surface area contributed by atoms with Gasteiger partial charge in [-0.25, -0.2) is 4.98 Å². The van der Waals surface area contributed by atoms with Crippen LogP contribution in [-0.2, 0) is 11.3 Å². The molecule has 2 amide bonds. The summed E-state index contributed by atoms with van der Waals surface area (Å²) in [6, 6.07) is 7.36. The molecule has 0 bridgehead atoms. The molecule has 0 spiro atoms. The zero-order chi connectivity index (χ0) is 14.8. The second kappa shape index (κ2) is 5.49. The zero-order valence-electron chi connectivity index (χ0n) is 10.9. The van der Waals surface area contributed by atoms with Crippen LogP contribution in [0.2, 0.25) is 5.15 Å². The molecular formula is C14H11ClN4O2. The predicted octanol–water partition coefficient (Wildman–Crippen LogP) is 1.72. The van der Waals surface area contributed by atoms with Crippen LogP contribution in [0.4, 0.5) is 5.69 Å². The van der Waals surface area contributed by atoms with Crippen molar-refractivity contribution < 1.29 is 9.59 Å². The average molecular weight is 303 g/mol. The number of amides is 2. The largest absolute Gasteiger partial charge is 0.324 e. The van der Waals surface area contributed by atoms with Crippen LogP contribution in [-0.4, -0.2) is 33.2 Å². The number of aromatic nitrogens is 2. The molecule has 6 nitrogen and oxygen atoms in total. The SMILES string of the molecule is O=C1CN(C(=O)c2cncc(Cl)n2)Cc2ccccc2N1. The first-order valence-electron chi connectivity index (χ1n) is 6.28. The van der Waals surface area contributed by atoms with Crippen LogP contribution < -0.4 is 5.32 Å². The summed E-state index contributed by atoms with van der Waals surface area (Å²) in [4.78, 5) is 33.5. The van der Waals surface area contributed by atoms with E-state index in [0.29, 0.717) is 6.54 Å². The van der Waals surface area contributed by atoms with Crippen molar-refractivity contribution in [1.82, 2.24) is 14.9 Å². The van der Waals surface area contributed by atoms with Crippen molar-refractivity contribution in [1.29, 1.82) is 0 Å².